The molecule has 6 aromatic rings. The summed E-state index contributed by atoms with van der Waals surface area (Å²) in [7, 11) is 0. The van der Waals surface area contributed by atoms with Crippen LogP contribution in [0.2, 0.25) is 0 Å². The summed E-state index contributed by atoms with van der Waals surface area (Å²) in [4.78, 5) is 71.3. The quantitative estimate of drug-likeness (QED) is 0.150. The number of nitrogens with zero attached hydrogens (tertiary/aromatic N) is 2. The fourth-order valence-electron chi connectivity index (χ4n) is 4.65. The second-order valence-electron chi connectivity index (χ2n) is 9.80. The van der Waals surface area contributed by atoms with E-state index in [1.165, 1.54) is 21.3 Å². The van der Waals surface area contributed by atoms with Crippen molar-refractivity contribution in [3.05, 3.63) is 179 Å². The molecule has 0 aliphatic carbocycles. The first-order chi connectivity index (χ1) is 22.8. The van der Waals surface area contributed by atoms with Crippen LogP contribution >= 0.6 is 0 Å². The summed E-state index contributed by atoms with van der Waals surface area (Å²) in [5, 5.41) is 8.95. The van der Waals surface area contributed by atoms with E-state index in [4.69, 9.17) is 5.11 Å². The van der Waals surface area contributed by atoms with Gasteiger partial charge >= 0.3 is 17.9 Å². The maximum absolute atomic E-state index is 11.9. The van der Waals surface area contributed by atoms with Gasteiger partial charge in [-0.15, -0.1) is 0 Å². The minimum atomic E-state index is -1.10. The normalized spacial score (nSPS) is 11.5. The van der Waals surface area contributed by atoms with Crippen molar-refractivity contribution in [2.45, 2.75) is 14.9 Å². The van der Waals surface area contributed by atoms with Gasteiger partial charge in [0.1, 0.15) is 0 Å². The van der Waals surface area contributed by atoms with Crippen LogP contribution in [0.4, 0.5) is 0 Å². The Balaban J connectivity index is 0.000000184. The van der Waals surface area contributed by atoms with Crippen molar-refractivity contribution in [2.75, 3.05) is 0 Å². The minimum absolute atomic E-state index is 0. The molecule has 0 saturated carbocycles. The number of aromatic carboxylic acids is 1. The first-order valence-electron chi connectivity index (χ1n) is 14.1. The lowest BCUT2D eigenvalue weighted by Crippen LogP contribution is -2.25. The van der Waals surface area contributed by atoms with E-state index in [9.17, 15) is 28.8 Å². The van der Waals surface area contributed by atoms with Crippen molar-refractivity contribution in [2.24, 2.45) is 0 Å². The molecule has 3 aromatic carbocycles. The third-order valence-electron chi connectivity index (χ3n) is 6.88. The van der Waals surface area contributed by atoms with Crippen LogP contribution in [0, 0.1) is 0 Å². The SMILES string of the molecule is C.C.O=C(O)c1ccccc1C(=O)n1cccc1.O=C1OC(=O)c2ccccc21.O=C1c2ccccc2C(=O)n2cccc21.c1cc[nH]c1. The number of carboxylic acids is 1. The number of nitrogens with one attached hydrogen (secondary N) is 1. The number of ether oxygens (including phenoxy) is 1. The van der Waals surface area contributed by atoms with E-state index in [0.29, 0.717) is 27.9 Å². The van der Waals surface area contributed by atoms with Crippen molar-refractivity contribution >= 4 is 35.5 Å². The average molecular weight is 660 g/mol. The number of ketones is 1. The lowest BCUT2D eigenvalue weighted by atomic mass is 9.98. The molecule has 0 saturated heterocycles. The van der Waals surface area contributed by atoms with Crippen LogP contribution in [0.25, 0.3) is 0 Å². The van der Waals surface area contributed by atoms with Crippen molar-refractivity contribution in [1.29, 1.82) is 0 Å². The molecule has 3 aromatic heterocycles. The molecule has 11 nitrogen and oxygen atoms in total. The topological polar surface area (TPSA) is 158 Å². The summed E-state index contributed by atoms with van der Waals surface area (Å²) >= 11 is 0. The highest BCUT2D eigenvalue weighted by molar-refractivity contribution is 6.20. The van der Waals surface area contributed by atoms with Crippen LogP contribution in [0.1, 0.15) is 82.7 Å². The lowest BCUT2D eigenvalue weighted by Gasteiger charge is -2.15. The van der Waals surface area contributed by atoms with Gasteiger partial charge in [0.2, 0.25) is 5.78 Å². The molecule has 2 aliphatic rings. The Hall–Kier alpha value is -6.88. The van der Waals surface area contributed by atoms with Crippen LogP contribution in [-0.2, 0) is 4.74 Å². The highest BCUT2D eigenvalue weighted by atomic mass is 16.6. The zero-order valence-corrected chi connectivity index (χ0v) is 24.5. The molecule has 11 heteroatoms. The Morgan fingerprint density at radius 3 is 1.61 bits per heavy atom. The van der Waals surface area contributed by atoms with E-state index in [2.05, 4.69) is 9.72 Å². The molecule has 2 aliphatic heterocycles. The maximum atomic E-state index is 11.9. The number of rotatable bonds is 2. The molecule has 49 heavy (non-hydrogen) atoms. The van der Waals surface area contributed by atoms with Crippen LogP contribution < -0.4 is 0 Å². The summed E-state index contributed by atoms with van der Waals surface area (Å²) in [6.45, 7) is 0. The van der Waals surface area contributed by atoms with Crippen LogP contribution in [0.5, 0.6) is 0 Å². The first-order valence-corrected chi connectivity index (χ1v) is 14.1. The summed E-state index contributed by atoms with van der Waals surface area (Å²) in [5.74, 6) is -2.77. The number of fused-ring (bicyclic) bond motifs is 3. The standard InChI is InChI=1S/C12H9NO3.C12H7NO2.C8H4O3.C4H5N.2CH4/c14-11(13-7-3-4-8-13)9-5-1-2-6-10(9)12(15)16;14-11-8-4-1-2-5-9(8)12(15)13-7-3-6-10(11)13;9-7-5-3-1-2-4-6(5)8(10)11-7;1-2-4-5-3-1;;/h1-8H,(H,15,16);1-7H;1-4H;1-5H;2*1H4. The predicted octanol–water partition coefficient (Wildman–Crippen LogP) is 6.88. The van der Waals surface area contributed by atoms with E-state index in [0.717, 1.165) is 0 Å². The highest BCUT2D eigenvalue weighted by Gasteiger charge is 2.29. The fourth-order valence-corrected chi connectivity index (χ4v) is 4.65. The number of esters is 2. The second-order valence-corrected chi connectivity index (χ2v) is 9.80. The fraction of sp³-hybridized carbons (Fsp3) is 0.0526. The van der Waals surface area contributed by atoms with Gasteiger partial charge < -0.3 is 14.8 Å². The largest absolute Gasteiger partial charge is 0.478 e. The van der Waals surface area contributed by atoms with Crippen LogP contribution in [-0.4, -0.2) is 54.7 Å². The Morgan fingerprint density at radius 1 is 0.571 bits per heavy atom. The van der Waals surface area contributed by atoms with E-state index in [1.807, 2.05) is 24.5 Å². The number of carbonyl (C=O) groups is 6. The number of cyclic esters (lactones) is 2. The number of carboxylic acid groups (broad SMARTS) is 1. The Bertz CT molecular complexity index is 1990. The molecule has 0 bridgehead atoms. The molecule has 5 heterocycles. The number of benzene rings is 3. The van der Waals surface area contributed by atoms with Gasteiger partial charge in [-0.2, -0.15) is 0 Å². The van der Waals surface area contributed by atoms with Gasteiger partial charge in [-0.05, 0) is 66.7 Å². The number of hydrogen-bond donors (Lipinski definition) is 2. The third kappa shape index (κ3) is 8.10. The number of hydrogen-bond acceptors (Lipinski definition) is 7. The number of H-pyrrole nitrogens is 1. The Kier molecular flexibility index (Phi) is 12.4. The summed E-state index contributed by atoms with van der Waals surface area (Å²) in [6.07, 6.45) is 8.54. The molecule has 0 atom stereocenters. The van der Waals surface area contributed by atoms with Gasteiger partial charge in [0, 0.05) is 36.5 Å². The summed E-state index contributed by atoms with van der Waals surface area (Å²) in [6, 6.07) is 30.3. The van der Waals surface area contributed by atoms with Crippen molar-refractivity contribution < 1.29 is 38.6 Å². The van der Waals surface area contributed by atoms with E-state index in [-0.39, 0.29) is 43.6 Å². The van der Waals surface area contributed by atoms with Crippen LogP contribution in [0.15, 0.2) is 140 Å². The van der Waals surface area contributed by atoms with E-state index < -0.39 is 17.9 Å². The monoisotopic (exact) mass is 659 g/mol. The van der Waals surface area contributed by atoms with Crippen molar-refractivity contribution in [3.8, 4) is 0 Å². The molecule has 0 spiro atoms. The van der Waals surface area contributed by atoms with E-state index >= 15 is 0 Å². The molecule has 2 N–H and O–H groups in total. The lowest BCUT2D eigenvalue weighted by molar-refractivity contribution is 0.0442. The highest BCUT2D eigenvalue weighted by Crippen LogP contribution is 2.22. The zero-order chi connectivity index (χ0) is 33.3. The van der Waals surface area contributed by atoms with Crippen molar-refractivity contribution in [1.82, 2.24) is 14.1 Å². The Labute approximate surface area is 282 Å². The number of carbonyl (C=O) groups excluding carboxylic acids is 5. The van der Waals surface area contributed by atoms with Gasteiger partial charge in [0.15, 0.2) is 0 Å². The van der Waals surface area contributed by atoms with Gasteiger partial charge in [-0.25, -0.2) is 14.4 Å². The molecule has 0 amide bonds. The van der Waals surface area contributed by atoms with E-state index in [1.54, 1.807) is 104 Å². The Morgan fingerprint density at radius 2 is 1.08 bits per heavy atom. The molecule has 0 unspecified atom stereocenters. The number of aromatic nitrogens is 3. The molecule has 0 fully saturated rings. The van der Waals surface area contributed by atoms with Gasteiger partial charge in [0.05, 0.1) is 33.5 Å². The minimum Gasteiger partial charge on any atom is -0.478 e. The van der Waals surface area contributed by atoms with Gasteiger partial charge in [-0.1, -0.05) is 57.3 Å². The summed E-state index contributed by atoms with van der Waals surface area (Å²) < 4.78 is 7.10. The first kappa shape index (κ1) is 36.6. The summed E-state index contributed by atoms with van der Waals surface area (Å²) in [5.41, 5.74) is 2.33. The van der Waals surface area contributed by atoms with Gasteiger partial charge in [-0.3, -0.25) is 23.5 Å². The molecular formula is C38H33N3O8. The van der Waals surface area contributed by atoms with Crippen LogP contribution in [0.3, 0.4) is 0 Å². The second kappa shape index (κ2) is 16.6. The maximum Gasteiger partial charge on any atom is 0.346 e. The zero-order valence-electron chi connectivity index (χ0n) is 24.5. The predicted molar refractivity (Wildman–Crippen MR) is 182 cm³/mol. The van der Waals surface area contributed by atoms with Gasteiger partial charge in [0.25, 0.3) is 11.8 Å². The average Bonchev–Trinajstić information content (AvgIpc) is 3.94. The smallest absolute Gasteiger partial charge is 0.346 e. The third-order valence-corrected chi connectivity index (χ3v) is 6.88. The molecule has 8 rings (SSSR count). The molecule has 248 valence electrons. The number of aromatic amines is 1. The molecular weight excluding hydrogens is 626 g/mol. The molecule has 0 radical (unpaired) electrons. The van der Waals surface area contributed by atoms with Crippen molar-refractivity contribution in [3.63, 3.8) is 0 Å².